The molecule has 6 heteroatoms. The quantitative estimate of drug-likeness (QED) is 0.853. The van der Waals surface area contributed by atoms with Crippen molar-refractivity contribution < 1.29 is 18.0 Å². The molecule has 0 aliphatic heterocycles. The molecule has 2 N–H and O–H groups in total. The van der Waals surface area contributed by atoms with Crippen LogP contribution in [-0.4, -0.2) is 11.6 Å². The number of carbonyl (C=O) groups excluding carboxylic acids is 1. The Labute approximate surface area is 110 Å². The van der Waals surface area contributed by atoms with Crippen LogP contribution >= 0.6 is 0 Å². The first kappa shape index (κ1) is 15.3. The van der Waals surface area contributed by atoms with E-state index in [4.69, 9.17) is 0 Å². The van der Waals surface area contributed by atoms with Gasteiger partial charge in [-0.15, -0.1) is 0 Å². The van der Waals surface area contributed by atoms with Crippen molar-refractivity contribution in [3.05, 3.63) is 35.4 Å². The highest BCUT2D eigenvalue weighted by Gasteiger charge is 2.32. The number of hydrogen-bond acceptors (Lipinski definition) is 1. The van der Waals surface area contributed by atoms with Crippen molar-refractivity contribution in [2.45, 2.75) is 39.0 Å². The first-order chi connectivity index (χ1) is 8.59. The van der Waals surface area contributed by atoms with E-state index in [1.807, 2.05) is 0 Å². The van der Waals surface area contributed by atoms with E-state index in [1.54, 1.807) is 20.8 Å². The third-order valence-corrected chi connectivity index (χ3v) is 2.25. The molecule has 19 heavy (non-hydrogen) atoms. The molecule has 0 aliphatic carbocycles. The van der Waals surface area contributed by atoms with Gasteiger partial charge in [0.15, 0.2) is 0 Å². The molecule has 0 saturated heterocycles. The van der Waals surface area contributed by atoms with Gasteiger partial charge in [-0.3, -0.25) is 0 Å². The number of amides is 2. The van der Waals surface area contributed by atoms with E-state index < -0.39 is 23.3 Å². The number of carbonyl (C=O) groups is 1. The van der Waals surface area contributed by atoms with Gasteiger partial charge in [0.2, 0.25) is 0 Å². The summed E-state index contributed by atoms with van der Waals surface area (Å²) in [5, 5.41) is 5.03. The van der Waals surface area contributed by atoms with Crippen molar-refractivity contribution in [2.75, 3.05) is 0 Å². The van der Waals surface area contributed by atoms with Gasteiger partial charge in [-0.1, -0.05) is 18.2 Å². The number of benzene rings is 1. The lowest BCUT2D eigenvalue weighted by Crippen LogP contribution is -2.46. The van der Waals surface area contributed by atoms with Crippen molar-refractivity contribution in [1.29, 1.82) is 0 Å². The molecular weight excluding hydrogens is 257 g/mol. The van der Waals surface area contributed by atoms with Crippen molar-refractivity contribution in [3.8, 4) is 0 Å². The molecule has 0 saturated carbocycles. The summed E-state index contributed by atoms with van der Waals surface area (Å²) in [4.78, 5) is 11.5. The maximum atomic E-state index is 12.7. The number of urea groups is 1. The van der Waals surface area contributed by atoms with Gasteiger partial charge in [-0.05, 0) is 32.4 Å². The lowest BCUT2D eigenvalue weighted by molar-refractivity contribution is -0.138. The minimum Gasteiger partial charge on any atom is -0.334 e. The number of alkyl halides is 3. The summed E-state index contributed by atoms with van der Waals surface area (Å²) < 4.78 is 38.1. The van der Waals surface area contributed by atoms with E-state index in [9.17, 15) is 18.0 Å². The Hall–Kier alpha value is -1.72. The zero-order valence-electron chi connectivity index (χ0n) is 11.1. The highest BCUT2D eigenvalue weighted by molar-refractivity contribution is 5.74. The van der Waals surface area contributed by atoms with Crippen molar-refractivity contribution in [2.24, 2.45) is 0 Å². The molecule has 106 valence electrons. The van der Waals surface area contributed by atoms with Crippen molar-refractivity contribution in [1.82, 2.24) is 10.6 Å². The van der Waals surface area contributed by atoms with E-state index in [2.05, 4.69) is 10.6 Å². The summed E-state index contributed by atoms with van der Waals surface area (Å²) in [5.74, 6) is 0. The summed E-state index contributed by atoms with van der Waals surface area (Å²) in [5.41, 5.74) is -1.13. The Morgan fingerprint density at radius 2 is 1.74 bits per heavy atom. The van der Waals surface area contributed by atoms with Crippen LogP contribution in [0.25, 0.3) is 0 Å². The standard InChI is InChI=1S/C13H17F3N2O/c1-12(2,3)18-11(19)17-8-9-6-4-5-7-10(9)13(14,15)16/h4-7H,8H2,1-3H3,(H2,17,18,19). The second-order valence-corrected chi connectivity index (χ2v) is 5.21. The van der Waals surface area contributed by atoms with Gasteiger partial charge in [0.1, 0.15) is 0 Å². The molecule has 0 aromatic heterocycles. The van der Waals surface area contributed by atoms with Crippen LogP contribution in [-0.2, 0) is 12.7 Å². The maximum absolute atomic E-state index is 12.7. The number of halogens is 3. The molecule has 0 unspecified atom stereocenters. The second kappa shape index (κ2) is 5.50. The van der Waals surface area contributed by atoms with E-state index in [-0.39, 0.29) is 12.1 Å². The van der Waals surface area contributed by atoms with E-state index in [1.165, 1.54) is 18.2 Å². The van der Waals surface area contributed by atoms with Crippen LogP contribution in [0.15, 0.2) is 24.3 Å². The van der Waals surface area contributed by atoms with Crippen LogP contribution in [0.3, 0.4) is 0 Å². The average Bonchev–Trinajstić information content (AvgIpc) is 2.23. The Bertz CT molecular complexity index is 450. The van der Waals surface area contributed by atoms with Gasteiger partial charge in [0.05, 0.1) is 5.56 Å². The maximum Gasteiger partial charge on any atom is 0.416 e. The molecule has 0 heterocycles. The molecule has 0 bridgehead atoms. The smallest absolute Gasteiger partial charge is 0.334 e. The third-order valence-electron chi connectivity index (χ3n) is 2.25. The Morgan fingerprint density at radius 3 is 2.26 bits per heavy atom. The number of nitrogens with one attached hydrogen (secondary N) is 2. The molecule has 1 aromatic carbocycles. The summed E-state index contributed by atoms with van der Waals surface area (Å²) in [6, 6.07) is 4.68. The summed E-state index contributed by atoms with van der Waals surface area (Å²) in [6.45, 7) is 5.19. The Balaban J connectivity index is 2.71. The zero-order chi connectivity index (χ0) is 14.7. The van der Waals surface area contributed by atoms with Crippen LogP contribution < -0.4 is 10.6 Å². The molecule has 2 amide bonds. The highest BCUT2D eigenvalue weighted by atomic mass is 19.4. The van der Waals surface area contributed by atoms with Gasteiger partial charge >= 0.3 is 12.2 Å². The van der Waals surface area contributed by atoms with Crippen LogP contribution in [0.5, 0.6) is 0 Å². The Morgan fingerprint density at radius 1 is 1.16 bits per heavy atom. The minimum absolute atomic E-state index is 0.0408. The zero-order valence-corrected chi connectivity index (χ0v) is 11.1. The molecule has 1 rings (SSSR count). The number of rotatable bonds is 2. The van der Waals surface area contributed by atoms with Gasteiger partial charge in [-0.2, -0.15) is 13.2 Å². The van der Waals surface area contributed by atoms with Crippen molar-refractivity contribution >= 4 is 6.03 Å². The fourth-order valence-corrected chi connectivity index (χ4v) is 1.51. The molecule has 0 fully saturated rings. The molecule has 3 nitrogen and oxygen atoms in total. The summed E-state index contributed by atoms with van der Waals surface area (Å²) in [7, 11) is 0. The first-order valence-corrected chi connectivity index (χ1v) is 5.81. The minimum atomic E-state index is -4.42. The molecule has 0 atom stereocenters. The van der Waals surface area contributed by atoms with Gasteiger partial charge in [-0.25, -0.2) is 4.79 Å². The number of hydrogen-bond donors (Lipinski definition) is 2. The molecule has 0 radical (unpaired) electrons. The van der Waals surface area contributed by atoms with Gasteiger partial charge in [0, 0.05) is 12.1 Å². The predicted octanol–water partition coefficient (Wildman–Crippen LogP) is 3.30. The fourth-order valence-electron chi connectivity index (χ4n) is 1.51. The van der Waals surface area contributed by atoms with Crippen LogP contribution in [0.1, 0.15) is 31.9 Å². The molecule has 0 aliphatic rings. The molecule has 0 spiro atoms. The summed E-state index contributed by atoms with van der Waals surface area (Å²) in [6.07, 6.45) is -4.42. The average molecular weight is 274 g/mol. The summed E-state index contributed by atoms with van der Waals surface area (Å²) >= 11 is 0. The normalized spacial score (nSPS) is 12.1. The van der Waals surface area contributed by atoms with Crippen LogP contribution in [0.2, 0.25) is 0 Å². The third kappa shape index (κ3) is 5.19. The van der Waals surface area contributed by atoms with E-state index in [0.717, 1.165) is 6.07 Å². The first-order valence-electron chi connectivity index (χ1n) is 5.81. The van der Waals surface area contributed by atoms with E-state index in [0.29, 0.717) is 0 Å². The largest absolute Gasteiger partial charge is 0.416 e. The van der Waals surface area contributed by atoms with Crippen molar-refractivity contribution in [3.63, 3.8) is 0 Å². The molecular formula is C13H17F3N2O. The predicted molar refractivity (Wildman–Crippen MR) is 66.6 cm³/mol. The Kier molecular flexibility index (Phi) is 4.44. The van der Waals surface area contributed by atoms with Gasteiger partial charge < -0.3 is 10.6 Å². The van der Waals surface area contributed by atoms with Gasteiger partial charge in [0.25, 0.3) is 0 Å². The lowest BCUT2D eigenvalue weighted by atomic mass is 10.1. The van der Waals surface area contributed by atoms with Crippen LogP contribution in [0, 0.1) is 0 Å². The monoisotopic (exact) mass is 274 g/mol. The lowest BCUT2D eigenvalue weighted by Gasteiger charge is -2.21. The van der Waals surface area contributed by atoms with Crippen LogP contribution in [0.4, 0.5) is 18.0 Å². The van der Waals surface area contributed by atoms with E-state index >= 15 is 0 Å². The highest BCUT2D eigenvalue weighted by Crippen LogP contribution is 2.31. The fraction of sp³-hybridized carbons (Fsp3) is 0.462. The second-order valence-electron chi connectivity index (χ2n) is 5.21. The molecule has 1 aromatic rings. The topological polar surface area (TPSA) is 41.1 Å². The SMILES string of the molecule is CC(C)(C)NC(=O)NCc1ccccc1C(F)(F)F.